The molecule has 8 N–H and O–H groups in total. The minimum absolute atomic E-state index is 0.0435. The van der Waals surface area contributed by atoms with Crippen molar-refractivity contribution in [2.45, 2.75) is 102 Å². The Morgan fingerprint density at radius 1 is 0.955 bits per heavy atom. The number of carbonyl (C=O) groups is 1. The van der Waals surface area contributed by atoms with Crippen molar-refractivity contribution < 1.29 is 83.6 Å². The first kappa shape index (κ1) is 39.2. The van der Waals surface area contributed by atoms with Gasteiger partial charge in [-0.1, -0.05) is 13.8 Å². The van der Waals surface area contributed by atoms with E-state index in [-0.39, 0.29) is 13.0 Å². The van der Waals surface area contributed by atoms with Gasteiger partial charge in [-0.15, -0.1) is 0 Å². The Morgan fingerprint density at radius 3 is 2.07 bits per heavy atom. The van der Waals surface area contributed by atoms with E-state index in [1.165, 1.54) is 13.8 Å². The number of carbonyl (C=O) groups excluding carboxylic acids is 1. The Morgan fingerprint density at radius 2 is 1.57 bits per heavy atom. The predicted octanol–water partition coefficient (Wildman–Crippen LogP) is -5.08. The minimum Gasteiger partial charge on any atom is -0.735 e. The molecule has 2 unspecified atom stereocenters. The Bertz CT molecular complexity index is 1150. The summed E-state index contributed by atoms with van der Waals surface area (Å²) in [6, 6.07) is -2.28. The molecular formula is C21H40N2O18S2Si-2. The summed E-state index contributed by atoms with van der Waals surface area (Å²) in [5.74, 6) is -2.38. The zero-order valence-electron chi connectivity index (χ0n) is 24.2. The third kappa shape index (κ3) is 12.0. The van der Waals surface area contributed by atoms with Crippen molar-refractivity contribution in [1.82, 2.24) is 10.0 Å². The Kier molecular flexibility index (Phi) is 14.0. The smallest absolute Gasteiger partial charge is 0.492 e. The molecule has 0 aromatic carbocycles. The van der Waals surface area contributed by atoms with Crippen LogP contribution >= 0.6 is 0 Å². The average Bonchev–Trinajstić information content (AvgIpc) is 2.84. The predicted molar refractivity (Wildman–Crippen MR) is 142 cm³/mol. The van der Waals surface area contributed by atoms with Crippen molar-refractivity contribution in [2.24, 2.45) is 11.8 Å². The molecule has 0 radical (unpaired) electrons. The zero-order valence-corrected chi connectivity index (χ0v) is 26.8. The lowest BCUT2D eigenvalue weighted by Crippen LogP contribution is -2.68. The number of aliphatic hydroxyl groups excluding tert-OH is 3. The maximum atomic E-state index is 13.0. The maximum Gasteiger partial charge on any atom is 0.492 e. The number of hydrogen-bond acceptors (Lipinski definition) is 18. The van der Waals surface area contributed by atoms with E-state index in [4.69, 9.17) is 33.3 Å². The van der Waals surface area contributed by atoms with Crippen LogP contribution in [0, 0.1) is 11.8 Å². The molecule has 10 atom stereocenters. The molecule has 2 saturated heterocycles. The number of ether oxygens (including phenoxy) is 4. The molecule has 0 bridgehead atoms. The Hall–Kier alpha value is -0.973. The molecule has 0 aromatic rings. The lowest BCUT2D eigenvalue weighted by Gasteiger charge is -2.48. The number of hydrogen-bond donors (Lipinski definition) is 8. The van der Waals surface area contributed by atoms with E-state index in [0.717, 1.165) is 0 Å². The van der Waals surface area contributed by atoms with Crippen molar-refractivity contribution in [3.8, 4) is 0 Å². The van der Waals surface area contributed by atoms with Crippen molar-refractivity contribution in [3.63, 3.8) is 0 Å². The number of rotatable bonds is 15. The number of nitrogens with one attached hydrogen (secondary N) is 2. The molecule has 260 valence electrons. The summed E-state index contributed by atoms with van der Waals surface area (Å²) in [5, 5.41) is 35.3. The summed E-state index contributed by atoms with van der Waals surface area (Å²) >= 11 is 0. The molecule has 0 spiro atoms. The Balaban J connectivity index is 2.39. The van der Waals surface area contributed by atoms with Gasteiger partial charge in [0.2, 0.25) is 16.3 Å². The average molecular weight is 701 g/mol. The molecule has 2 aliphatic rings. The molecule has 2 aliphatic heterocycles. The van der Waals surface area contributed by atoms with Gasteiger partial charge in [0.15, 0.2) is 22.9 Å². The van der Waals surface area contributed by atoms with Crippen LogP contribution < -0.4 is 10.0 Å². The molecule has 1 amide bonds. The number of amides is 1. The fourth-order valence-electron chi connectivity index (χ4n) is 4.82. The first-order valence-corrected chi connectivity index (χ1v) is 18.2. The second kappa shape index (κ2) is 15.7. The lowest BCUT2D eigenvalue weighted by atomic mass is 9.80. The van der Waals surface area contributed by atoms with Crippen LogP contribution in [0.2, 0.25) is 6.04 Å². The highest BCUT2D eigenvalue weighted by atomic mass is 32.3. The van der Waals surface area contributed by atoms with Gasteiger partial charge in [-0.2, -0.15) is 0 Å². The summed E-state index contributed by atoms with van der Waals surface area (Å²) in [6.07, 6.45) is -15.5. The van der Waals surface area contributed by atoms with E-state index in [1.807, 2.05) is 0 Å². The van der Waals surface area contributed by atoms with Gasteiger partial charge in [0, 0.05) is 18.5 Å². The summed E-state index contributed by atoms with van der Waals surface area (Å²) in [4.78, 5) is 40.5. The topological polar surface area (TPSA) is 323 Å². The van der Waals surface area contributed by atoms with Crippen LogP contribution in [0.3, 0.4) is 0 Å². The summed E-state index contributed by atoms with van der Waals surface area (Å²) in [5.41, 5.74) is 0. The van der Waals surface area contributed by atoms with E-state index in [1.54, 1.807) is 18.6 Å². The molecule has 0 saturated carbocycles. The third-order valence-corrected chi connectivity index (χ3v) is 8.71. The summed E-state index contributed by atoms with van der Waals surface area (Å²) in [7, 11) is -15.0. The second-order valence-electron chi connectivity index (χ2n) is 11.0. The van der Waals surface area contributed by atoms with Gasteiger partial charge in [-0.25, -0.2) is 21.6 Å². The van der Waals surface area contributed by atoms with Crippen molar-refractivity contribution >= 4 is 35.4 Å². The quantitative estimate of drug-likeness (QED) is 0.0343. The van der Waals surface area contributed by atoms with E-state index in [0.29, 0.717) is 0 Å². The molecule has 23 heteroatoms. The summed E-state index contributed by atoms with van der Waals surface area (Å²) < 4.78 is 96.1. The van der Waals surface area contributed by atoms with Gasteiger partial charge in [-0.3, -0.25) is 8.98 Å². The first-order valence-electron chi connectivity index (χ1n) is 13.4. The van der Waals surface area contributed by atoms with E-state index >= 15 is 0 Å². The fraction of sp³-hybridized carbons (Fsp3) is 0.952. The molecule has 2 heterocycles. The van der Waals surface area contributed by atoms with Gasteiger partial charge >= 0.3 is 8.80 Å². The van der Waals surface area contributed by atoms with Crippen LogP contribution in [0.4, 0.5) is 0 Å². The number of aliphatic hydroxyl groups is 3. The second-order valence-corrected chi connectivity index (χ2v) is 15.3. The van der Waals surface area contributed by atoms with Gasteiger partial charge in [-0.05, 0) is 26.2 Å². The minimum atomic E-state index is -5.34. The molecule has 2 rings (SSSR count). The van der Waals surface area contributed by atoms with E-state index in [2.05, 4.69) is 9.50 Å². The zero-order chi connectivity index (χ0) is 33.8. The highest BCUT2D eigenvalue weighted by molar-refractivity contribution is 7.83. The van der Waals surface area contributed by atoms with Crippen LogP contribution in [-0.2, 0) is 48.6 Å². The lowest BCUT2D eigenvalue weighted by molar-refractivity contribution is -0.341. The third-order valence-electron chi connectivity index (χ3n) is 6.70. The largest absolute Gasteiger partial charge is 0.735 e. The van der Waals surface area contributed by atoms with Crippen LogP contribution in [0.1, 0.15) is 34.1 Å². The van der Waals surface area contributed by atoms with Gasteiger partial charge < -0.3 is 63.1 Å². The van der Waals surface area contributed by atoms with Gasteiger partial charge in [0.05, 0.1) is 18.8 Å². The highest BCUT2D eigenvalue weighted by Gasteiger charge is 2.53. The van der Waals surface area contributed by atoms with Crippen LogP contribution in [0.5, 0.6) is 0 Å². The SMILES string of the molecule is CC(C)O[C@H]1O[C@H](COS(=O)(=O)[O-])C(O[C@H]2O[C@@H](C(=O)NCCC[Si](O)(O)O)C(C(C)C)[C@H](O)[C@H]2O)[C@H](O)[C@H]1NS(=O)(=O)[O-]. The summed E-state index contributed by atoms with van der Waals surface area (Å²) in [6.45, 7) is 4.90. The normalized spacial score (nSPS) is 34.0. The molecule has 0 aliphatic carbocycles. The van der Waals surface area contributed by atoms with Crippen molar-refractivity contribution in [3.05, 3.63) is 0 Å². The molecular weight excluding hydrogens is 660 g/mol. The van der Waals surface area contributed by atoms with Crippen LogP contribution in [0.25, 0.3) is 0 Å². The van der Waals surface area contributed by atoms with Crippen LogP contribution in [-0.4, -0.2) is 145 Å². The van der Waals surface area contributed by atoms with E-state index in [9.17, 15) is 46.1 Å². The van der Waals surface area contributed by atoms with Crippen molar-refractivity contribution in [2.75, 3.05) is 13.2 Å². The van der Waals surface area contributed by atoms with Crippen LogP contribution in [0.15, 0.2) is 0 Å². The maximum absolute atomic E-state index is 13.0. The first-order chi connectivity index (χ1) is 20.0. The van der Waals surface area contributed by atoms with Gasteiger partial charge in [0.1, 0.15) is 36.6 Å². The molecule has 2 fully saturated rings. The standard InChI is InChI=1S/C21H42N2O18S2Si/c1-9(2)12-14(24)16(26)21(41-18(12)19(27)22-6-5-7-44(34,35)36)40-17-11(8-37-43(31,32)33)39-20(38-10(3)4)13(15(17)25)23-42(28,29)30/h9-18,20-21,23-26,34-36H,5-8H2,1-4H3,(H,22,27)(H,28,29,30)(H,31,32,33)/p-2/t11-,12?,13-,14+,15-,16-,17?,18-,20+,21+/m1/s1. The van der Waals surface area contributed by atoms with Crippen molar-refractivity contribution in [1.29, 1.82) is 0 Å². The monoisotopic (exact) mass is 700 g/mol. The van der Waals surface area contributed by atoms with Gasteiger partial charge in [0.25, 0.3) is 0 Å². The highest BCUT2D eigenvalue weighted by Crippen LogP contribution is 2.35. The van der Waals surface area contributed by atoms with E-state index < -0.39 is 121 Å². The molecule has 20 nitrogen and oxygen atoms in total. The molecule has 44 heavy (non-hydrogen) atoms. The Labute approximate surface area is 255 Å². The molecule has 0 aromatic heterocycles. The fourth-order valence-corrected chi connectivity index (χ4v) is 6.35.